The predicted molar refractivity (Wildman–Crippen MR) is 70.0 cm³/mol. The average Bonchev–Trinajstić information content (AvgIpc) is 3.04. The number of carboxylic acids is 1. The van der Waals surface area contributed by atoms with Crippen LogP contribution in [-0.4, -0.2) is 33.2 Å². The summed E-state index contributed by atoms with van der Waals surface area (Å²) in [6.07, 6.45) is 1.51. The van der Waals surface area contributed by atoms with Crippen molar-refractivity contribution in [3.05, 3.63) is 30.2 Å². The Morgan fingerprint density at radius 1 is 1.45 bits per heavy atom. The minimum atomic E-state index is -1.07. The van der Waals surface area contributed by atoms with Crippen molar-refractivity contribution in [3.8, 4) is 11.5 Å². The molecule has 0 saturated heterocycles. The number of aromatic amines is 1. The maximum absolute atomic E-state index is 12.0. The number of aromatic nitrogens is 2. The molecule has 0 bridgehead atoms. The van der Waals surface area contributed by atoms with E-state index < -0.39 is 17.9 Å². The van der Waals surface area contributed by atoms with Gasteiger partial charge < -0.3 is 14.8 Å². The molecule has 1 unspecified atom stereocenters. The van der Waals surface area contributed by atoms with Crippen LogP contribution in [0.15, 0.2) is 28.9 Å². The zero-order valence-electron chi connectivity index (χ0n) is 11.1. The van der Waals surface area contributed by atoms with Gasteiger partial charge in [0.2, 0.25) is 0 Å². The highest BCUT2D eigenvalue weighted by Gasteiger charge is 2.25. The molecule has 20 heavy (non-hydrogen) atoms. The van der Waals surface area contributed by atoms with Crippen molar-refractivity contribution < 1.29 is 19.1 Å². The smallest absolute Gasteiger partial charge is 0.326 e. The third kappa shape index (κ3) is 2.87. The molecule has 0 aliphatic rings. The maximum Gasteiger partial charge on any atom is 0.326 e. The highest BCUT2D eigenvalue weighted by molar-refractivity contribution is 5.95. The van der Waals surface area contributed by atoms with Gasteiger partial charge in [-0.3, -0.25) is 9.89 Å². The average molecular weight is 277 g/mol. The second-order valence-electron chi connectivity index (χ2n) is 4.68. The van der Waals surface area contributed by atoms with Gasteiger partial charge in [0.1, 0.15) is 11.7 Å². The van der Waals surface area contributed by atoms with Crippen molar-refractivity contribution in [3.63, 3.8) is 0 Å². The Bertz CT molecular complexity index is 601. The molecule has 1 amide bonds. The second-order valence-corrected chi connectivity index (χ2v) is 4.68. The largest absolute Gasteiger partial charge is 0.480 e. The first-order chi connectivity index (χ1) is 9.49. The van der Waals surface area contributed by atoms with Crippen molar-refractivity contribution >= 4 is 11.9 Å². The van der Waals surface area contributed by atoms with Crippen molar-refractivity contribution in [1.29, 1.82) is 0 Å². The lowest BCUT2D eigenvalue weighted by atomic mass is 10.0. The summed E-state index contributed by atoms with van der Waals surface area (Å²) < 4.78 is 5.17. The predicted octanol–water partition coefficient (Wildman–Crippen LogP) is 1.51. The minimum absolute atomic E-state index is 0.114. The standard InChI is InChI=1S/C13H15N3O4/c1-7(2)11(13(18)19)14-12(17)9-6-8(15-16-9)10-4-3-5-20-10/h3-7,11H,1-2H3,(H,14,17)(H,15,16)(H,18,19). The molecule has 2 aromatic rings. The number of nitrogens with zero attached hydrogens (tertiary/aromatic N) is 1. The number of aliphatic carboxylic acids is 1. The maximum atomic E-state index is 12.0. The van der Waals surface area contributed by atoms with Gasteiger partial charge in [-0.25, -0.2) is 4.79 Å². The fourth-order valence-electron chi connectivity index (χ4n) is 1.72. The van der Waals surface area contributed by atoms with Crippen LogP contribution in [0.5, 0.6) is 0 Å². The molecule has 3 N–H and O–H groups in total. The Morgan fingerprint density at radius 3 is 2.75 bits per heavy atom. The Labute approximate surface area is 115 Å². The van der Waals surface area contributed by atoms with Crippen LogP contribution in [0.25, 0.3) is 11.5 Å². The van der Waals surface area contributed by atoms with E-state index in [-0.39, 0.29) is 11.6 Å². The van der Waals surface area contributed by atoms with Gasteiger partial charge in [-0.2, -0.15) is 5.10 Å². The van der Waals surface area contributed by atoms with E-state index in [9.17, 15) is 9.59 Å². The van der Waals surface area contributed by atoms with Gasteiger partial charge in [-0.1, -0.05) is 13.8 Å². The fraction of sp³-hybridized carbons (Fsp3) is 0.308. The van der Waals surface area contributed by atoms with E-state index >= 15 is 0 Å². The van der Waals surface area contributed by atoms with E-state index in [1.165, 1.54) is 12.3 Å². The Balaban J connectivity index is 2.12. The van der Waals surface area contributed by atoms with Crippen molar-refractivity contribution in [1.82, 2.24) is 15.5 Å². The summed E-state index contributed by atoms with van der Waals surface area (Å²) in [5, 5.41) is 18.0. The summed E-state index contributed by atoms with van der Waals surface area (Å²) in [5.74, 6) is -1.29. The van der Waals surface area contributed by atoms with E-state index in [1.54, 1.807) is 26.0 Å². The lowest BCUT2D eigenvalue weighted by Gasteiger charge is -2.16. The van der Waals surface area contributed by atoms with Crippen LogP contribution >= 0.6 is 0 Å². The van der Waals surface area contributed by atoms with E-state index in [1.807, 2.05) is 0 Å². The number of H-pyrrole nitrogens is 1. The second kappa shape index (κ2) is 5.60. The van der Waals surface area contributed by atoms with Gasteiger partial charge in [-0.15, -0.1) is 0 Å². The summed E-state index contributed by atoms with van der Waals surface area (Å²) in [4.78, 5) is 23.0. The van der Waals surface area contributed by atoms with Crippen LogP contribution in [0.3, 0.4) is 0 Å². The molecule has 0 saturated carbocycles. The number of amides is 1. The van der Waals surface area contributed by atoms with Gasteiger partial charge in [0.25, 0.3) is 5.91 Å². The summed E-state index contributed by atoms with van der Waals surface area (Å²) in [6.45, 7) is 3.44. The van der Waals surface area contributed by atoms with Gasteiger partial charge in [-0.05, 0) is 18.1 Å². The molecule has 0 spiro atoms. The zero-order valence-corrected chi connectivity index (χ0v) is 11.1. The Morgan fingerprint density at radius 2 is 2.20 bits per heavy atom. The SMILES string of the molecule is CC(C)C(NC(=O)c1cc(-c2ccco2)[nH]n1)C(=O)O. The van der Waals surface area contributed by atoms with Gasteiger partial charge >= 0.3 is 5.97 Å². The van der Waals surface area contributed by atoms with Crippen molar-refractivity contribution in [2.45, 2.75) is 19.9 Å². The lowest BCUT2D eigenvalue weighted by molar-refractivity contribution is -0.140. The molecule has 0 aromatic carbocycles. The normalized spacial score (nSPS) is 12.3. The summed E-state index contributed by atoms with van der Waals surface area (Å²) in [7, 11) is 0. The molecular weight excluding hydrogens is 262 g/mol. The molecule has 7 nitrogen and oxygen atoms in total. The number of hydrogen-bond acceptors (Lipinski definition) is 4. The van der Waals surface area contributed by atoms with Crippen molar-refractivity contribution in [2.75, 3.05) is 0 Å². The highest BCUT2D eigenvalue weighted by atomic mass is 16.4. The van der Waals surface area contributed by atoms with Crippen LogP contribution < -0.4 is 5.32 Å². The molecular formula is C13H15N3O4. The molecule has 2 rings (SSSR count). The van der Waals surface area contributed by atoms with Crippen LogP contribution in [0, 0.1) is 5.92 Å². The monoisotopic (exact) mass is 277 g/mol. The van der Waals surface area contributed by atoms with Crippen LogP contribution in [-0.2, 0) is 4.79 Å². The number of carbonyl (C=O) groups is 2. The fourth-order valence-corrected chi connectivity index (χ4v) is 1.72. The highest BCUT2D eigenvalue weighted by Crippen LogP contribution is 2.17. The third-order valence-corrected chi connectivity index (χ3v) is 2.82. The molecule has 106 valence electrons. The van der Waals surface area contributed by atoms with Gasteiger partial charge in [0, 0.05) is 6.07 Å². The first kappa shape index (κ1) is 13.9. The quantitative estimate of drug-likeness (QED) is 0.767. The molecule has 0 fully saturated rings. The number of rotatable bonds is 5. The first-order valence-electron chi connectivity index (χ1n) is 6.12. The third-order valence-electron chi connectivity index (χ3n) is 2.82. The molecule has 7 heteroatoms. The molecule has 0 aliphatic heterocycles. The van der Waals surface area contributed by atoms with Crippen LogP contribution in [0.1, 0.15) is 24.3 Å². The van der Waals surface area contributed by atoms with Crippen molar-refractivity contribution in [2.24, 2.45) is 5.92 Å². The summed E-state index contributed by atoms with van der Waals surface area (Å²) in [5.41, 5.74) is 0.667. The number of carbonyl (C=O) groups excluding carboxylic acids is 1. The van der Waals surface area contributed by atoms with E-state index in [2.05, 4.69) is 15.5 Å². The number of nitrogens with one attached hydrogen (secondary N) is 2. The Kier molecular flexibility index (Phi) is 3.88. The summed E-state index contributed by atoms with van der Waals surface area (Å²) in [6, 6.07) is 4.00. The number of carboxylic acid groups (broad SMARTS) is 1. The molecule has 2 heterocycles. The zero-order chi connectivity index (χ0) is 14.7. The van der Waals surface area contributed by atoms with E-state index in [0.717, 1.165) is 0 Å². The molecule has 0 radical (unpaired) electrons. The topological polar surface area (TPSA) is 108 Å². The number of furan rings is 1. The van der Waals surface area contributed by atoms with Gasteiger partial charge in [0.05, 0.1) is 6.26 Å². The minimum Gasteiger partial charge on any atom is -0.480 e. The molecule has 2 aromatic heterocycles. The molecule has 1 atom stereocenters. The van der Waals surface area contributed by atoms with Gasteiger partial charge in [0.15, 0.2) is 11.5 Å². The first-order valence-corrected chi connectivity index (χ1v) is 6.12. The van der Waals surface area contributed by atoms with E-state index in [4.69, 9.17) is 9.52 Å². The lowest BCUT2D eigenvalue weighted by Crippen LogP contribution is -2.44. The Hall–Kier alpha value is -2.57. The number of hydrogen-bond donors (Lipinski definition) is 3. The molecule has 0 aliphatic carbocycles. The van der Waals surface area contributed by atoms with E-state index in [0.29, 0.717) is 11.5 Å². The summed E-state index contributed by atoms with van der Waals surface area (Å²) >= 11 is 0. The van der Waals surface area contributed by atoms with Crippen LogP contribution in [0.4, 0.5) is 0 Å². The van der Waals surface area contributed by atoms with Crippen LogP contribution in [0.2, 0.25) is 0 Å².